The van der Waals surface area contributed by atoms with Crippen molar-refractivity contribution in [2.75, 3.05) is 11.5 Å². The SMILES string of the molecule is CCS(=O)(=O)CCC1CCCC1=O. The number of hydrogen-bond acceptors (Lipinski definition) is 3. The zero-order valence-electron chi connectivity index (χ0n) is 7.95. The van der Waals surface area contributed by atoms with E-state index < -0.39 is 9.84 Å². The summed E-state index contributed by atoms with van der Waals surface area (Å²) in [4.78, 5) is 11.2. The molecule has 76 valence electrons. The molecule has 0 aromatic heterocycles. The van der Waals surface area contributed by atoms with Gasteiger partial charge in [0.05, 0.1) is 5.75 Å². The second-order valence-electron chi connectivity index (χ2n) is 3.58. The molecule has 3 nitrogen and oxygen atoms in total. The van der Waals surface area contributed by atoms with Crippen molar-refractivity contribution in [2.24, 2.45) is 5.92 Å². The summed E-state index contributed by atoms with van der Waals surface area (Å²) in [5.41, 5.74) is 0. The molecule has 1 atom stereocenters. The maximum Gasteiger partial charge on any atom is 0.150 e. The molecule has 0 aromatic carbocycles. The number of sulfone groups is 1. The Hall–Kier alpha value is -0.380. The van der Waals surface area contributed by atoms with Crippen LogP contribution in [0.3, 0.4) is 0 Å². The van der Waals surface area contributed by atoms with Gasteiger partial charge in [-0.15, -0.1) is 0 Å². The van der Waals surface area contributed by atoms with Crippen molar-refractivity contribution in [2.45, 2.75) is 32.6 Å². The number of carbonyl (C=O) groups is 1. The molecule has 13 heavy (non-hydrogen) atoms. The number of carbonyl (C=O) groups excluding carboxylic acids is 1. The fourth-order valence-corrected chi connectivity index (χ4v) is 2.59. The summed E-state index contributed by atoms with van der Waals surface area (Å²) in [6.45, 7) is 1.64. The summed E-state index contributed by atoms with van der Waals surface area (Å²) >= 11 is 0. The lowest BCUT2D eigenvalue weighted by molar-refractivity contribution is -0.120. The van der Waals surface area contributed by atoms with E-state index >= 15 is 0 Å². The molecule has 0 radical (unpaired) electrons. The van der Waals surface area contributed by atoms with Crippen molar-refractivity contribution < 1.29 is 13.2 Å². The Labute approximate surface area is 79.4 Å². The van der Waals surface area contributed by atoms with Gasteiger partial charge in [-0.05, 0) is 19.3 Å². The first-order valence-corrected chi connectivity index (χ1v) is 6.60. The molecule has 0 spiro atoms. The summed E-state index contributed by atoms with van der Waals surface area (Å²) in [5, 5.41) is 0. The molecule has 0 N–H and O–H groups in total. The molecule has 1 aliphatic rings. The molecule has 0 aromatic rings. The molecule has 0 amide bonds. The first kappa shape index (κ1) is 10.7. The third kappa shape index (κ3) is 3.10. The zero-order valence-corrected chi connectivity index (χ0v) is 8.77. The summed E-state index contributed by atoms with van der Waals surface area (Å²) in [6, 6.07) is 0. The van der Waals surface area contributed by atoms with Gasteiger partial charge in [-0.1, -0.05) is 6.92 Å². The molecular formula is C9H16O3S. The second kappa shape index (κ2) is 4.22. The van der Waals surface area contributed by atoms with Gasteiger partial charge in [-0.2, -0.15) is 0 Å². The monoisotopic (exact) mass is 204 g/mol. The van der Waals surface area contributed by atoms with Crippen LogP contribution in [0.5, 0.6) is 0 Å². The minimum Gasteiger partial charge on any atom is -0.299 e. The largest absolute Gasteiger partial charge is 0.299 e. The van der Waals surface area contributed by atoms with Gasteiger partial charge < -0.3 is 0 Å². The Morgan fingerprint density at radius 3 is 2.62 bits per heavy atom. The number of ketones is 1. The number of Topliss-reactive ketones (excluding diaryl/α,β-unsaturated/α-hetero) is 1. The number of hydrogen-bond donors (Lipinski definition) is 0. The minimum atomic E-state index is -2.88. The fourth-order valence-electron chi connectivity index (χ4n) is 1.66. The molecule has 0 aliphatic heterocycles. The highest BCUT2D eigenvalue weighted by atomic mass is 32.2. The van der Waals surface area contributed by atoms with E-state index in [0.717, 1.165) is 12.8 Å². The summed E-state index contributed by atoms with van der Waals surface area (Å²) < 4.78 is 22.3. The standard InChI is InChI=1S/C9H16O3S/c1-2-13(11,12)7-6-8-4-3-5-9(8)10/h8H,2-7H2,1H3. The highest BCUT2D eigenvalue weighted by Crippen LogP contribution is 2.24. The smallest absolute Gasteiger partial charge is 0.150 e. The van der Waals surface area contributed by atoms with E-state index in [1.807, 2.05) is 0 Å². The Bertz CT molecular complexity index is 279. The van der Waals surface area contributed by atoms with Crippen LogP contribution < -0.4 is 0 Å². The van der Waals surface area contributed by atoms with Gasteiger partial charge in [0.1, 0.15) is 15.6 Å². The number of rotatable bonds is 4. The summed E-state index contributed by atoms with van der Waals surface area (Å²) in [7, 11) is -2.88. The van der Waals surface area contributed by atoms with Crippen molar-refractivity contribution in [3.8, 4) is 0 Å². The van der Waals surface area contributed by atoms with E-state index in [2.05, 4.69) is 0 Å². The molecular weight excluding hydrogens is 188 g/mol. The van der Waals surface area contributed by atoms with E-state index in [1.54, 1.807) is 6.92 Å². The van der Waals surface area contributed by atoms with Crippen LogP contribution in [0.2, 0.25) is 0 Å². The van der Waals surface area contributed by atoms with Gasteiger partial charge in [0.2, 0.25) is 0 Å². The average Bonchev–Trinajstić information content (AvgIpc) is 2.48. The third-order valence-electron chi connectivity index (χ3n) is 2.65. The van der Waals surface area contributed by atoms with E-state index in [4.69, 9.17) is 0 Å². The van der Waals surface area contributed by atoms with Crippen LogP contribution in [-0.4, -0.2) is 25.7 Å². The molecule has 0 bridgehead atoms. The van der Waals surface area contributed by atoms with Gasteiger partial charge in [-0.25, -0.2) is 8.42 Å². The maximum atomic E-state index is 11.2. The maximum absolute atomic E-state index is 11.2. The quantitative estimate of drug-likeness (QED) is 0.691. The van der Waals surface area contributed by atoms with Gasteiger partial charge in [0.25, 0.3) is 0 Å². The van der Waals surface area contributed by atoms with Crippen molar-refractivity contribution in [1.29, 1.82) is 0 Å². The van der Waals surface area contributed by atoms with E-state index in [-0.39, 0.29) is 23.2 Å². The third-order valence-corrected chi connectivity index (χ3v) is 4.39. The Kier molecular flexibility index (Phi) is 3.47. The first-order valence-electron chi connectivity index (χ1n) is 4.78. The van der Waals surface area contributed by atoms with Gasteiger partial charge in [-0.3, -0.25) is 4.79 Å². The Morgan fingerprint density at radius 1 is 1.46 bits per heavy atom. The normalized spacial score (nSPS) is 23.8. The highest BCUT2D eigenvalue weighted by molar-refractivity contribution is 7.91. The lowest BCUT2D eigenvalue weighted by Gasteiger charge is -2.06. The second-order valence-corrected chi connectivity index (χ2v) is 6.05. The fraction of sp³-hybridized carbons (Fsp3) is 0.889. The van der Waals surface area contributed by atoms with Crippen LogP contribution in [0, 0.1) is 5.92 Å². The minimum absolute atomic E-state index is 0.0290. The lowest BCUT2D eigenvalue weighted by atomic mass is 10.1. The van der Waals surface area contributed by atoms with E-state index in [1.165, 1.54) is 0 Å². The van der Waals surface area contributed by atoms with Gasteiger partial charge >= 0.3 is 0 Å². The van der Waals surface area contributed by atoms with E-state index in [9.17, 15) is 13.2 Å². The Morgan fingerprint density at radius 2 is 2.15 bits per heavy atom. The van der Waals surface area contributed by atoms with Gasteiger partial charge in [0.15, 0.2) is 0 Å². The van der Waals surface area contributed by atoms with Crippen LogP contribution >= 0.6 is 0 Å². The highest BCUT2D eigenvalue weighted by Gasteiger charge is 2.25. The van der Waals surface area contributed by atoms with Crippen LogP contribution in [0.15, 0.2) is 0 Å². The van der Waals surface area contributed by atoms with Crippen LogP contribution in [0.1, 0.15) is 32.6 Å². The predicted molar refractivity (Wildman–Crippen MR) is 51.3 cm³/mol. The predicted octanol–water partition coefficient (Wildman–Crippen LogP) is 1.18. The van der Waals surface area contributed by atoms with Gasteiger partial charge in [0, 0.05) is 18.1 Å². The van der Waals surface area contributed by atoms with Crippen LogP contribution in [-0.2, 0) is 14.6 Å². The molecule has 0 heterocycles. The average molecular weight is 204 g/mol. The lowest BCUT2D eigenvalue weighted by Crippen LogP contribution is -2.15. The zero-order chi connectivity index (χ0) is 9.90. The molecule has 1 fully saturated rings. The van der Waals surface area contributed by atoms with E-state index in [0.29, 0.717) is 12.8 Å². The molecule has 1 saturated carbocycles. The van der Waals surface area contributed by atoms with Crippen molar-refractivity contribution in [3.63, 3.8) is 0 Å². The first-order chi connectivity index (χ1) is 6.05. The van der Waals surface area contributed by atoms with Crippen molar-refractivity contribution in [3.05, 3.63) is 0 Å². The molecule has 0 saturated heterocycles. The summed E-state index contributed by atoms with van der Waals surface area (Å²) in [5.74, 6) is 0.654. The summed E-state index contributed by atoms with van der Waals surface area (Å²) in [6.07, 6.45) is 3.01. The van der Waals surface area contributed by atoms with Crippen molar-refractivity contribution in [1.82, 2.24) is 0 Å². The van der Waals surface area contributed by atoms with Crippen molar-refractivity contribution >= 4 is 15.6 Å². The molecule has 4 heteroatoms. The molecule has 1 rings (SSSR count). The van der Waals surface area contributed by atoms with Crippen LogP contribution in [0.25, 0.3) is 0 Å². The topological polar surface area (TPSA) is 51.2 Å². The molecule has 1 unspecified atom stereocenters. The van der Waals surface area contributed by atoms with Crippen LogP contribution in [0.4, 0.5) is 0 Å². The molecule has 1 aliphatic carbocycles. The Balaban J connectivity index is 2.38.